The number of nitrogens with zero attached hydrogens (tertiary/aromatic N) is 1. The van der Waals surface area contributed by atoms with Crippen molar-refractivity contribution in [2.45, 2.75) is 13.8 Å². The number of nitrogens with two attached hydrogens (primary N) is 1. The van der Waals surface area contributed by atoms with E-state index in [1.807, 2.05) is 26.0 Å². The fourth-order valence-corrected chi connectivity index (χ4v) is 1.72. The van der Waals surface area contributed by atoms with Crippen molar-refractivity contribution >= 4 is 28.2 Å². The van der Waals surface area contributed by atoms with Crippen LogP contribution in [0.2, 0.25) is 5.02 Å². The smallest absolute Gasteiger partial charge is 0.0769 e. The number of halogens is 1. The lowest BCUT2D eigenvalue weighted by atomic mass is 10.1. The molecular formula is C11H11ClN2. The molecule has 14 heavy (non-hydrogen) atoms. The molecule has 0 spiro atoms. The SMILES string of the molecule is Cc1ccc2c(N)cc(Cl)c(C)c2n1. The lowest BCUT2D eigenvalue weighted by Gasteiger charge is -2.07. The first-order chi connectivity index (χ1) is 6.59. The summed E-state index contributed by atoms with van der Waals surface area (Å²) in [6, 6.07) is 5.71. The summed E-state index contributed by atoms with van der Waals surface area (Å²) in [5.74, 6) is 0. The van der Waals surface area contributed by atoms with Gasteiger partial charge in [-0.25, -0.2) is 0 Å². The molecule has 1 aromatic carbocycles. The Hall–Kier alpha value is -1.28. The van der Waals surface area contributed by atoms with Crippen LogP contribution in [0.1, 0.15) is 11.3 Å². The highest BCUT2D eigenvalue weighted by molar-refractivity contribution is 6.32. The van der Waals surface area contributed by atoms with E-state index in [4.69, 9.17) is 17.3 Å². The van der Waals surface area contributed by atoms with E-state index in [0.29, 0.717) is 10.7 Å². The number of pyridine rings is 1. The van der Waals surface area contributed by atoms with Crippen LogP contribution in [0.15, 0.2) is 18.2 Å². The first-order valence-electron chi connectivity index (χ1n) is 4.41. The van der Waals surface area contributed by atoms with Crippen LogP contribution in [-0.2, 0) is 0 Å². The summed E-state index contributed by atoms with van der Waals surface area (Å²) >= 11 is 6.03. The molecule has 72 valence electrons. The van der Waals surface area contributed by atoms with Gasteiger partial charge in [0.1, 0.15) is 0 Å². The number of hydrogen-bond acceptors (Lipinski definition) is 2. The van der Waals surface area contributed by atoms with Crippen LogP contribution >= 0.6 is 11.6 Å². The maximum absolute atomic E-state index is 6.03. The van der Waals surface area contributed by atoms with Crippen molar-refractivity contribution in [2.24, 2.45) is 0 Å². The Labute approximate surface area is 87.7 Å². The number of anilines is 1. The quantitative estimate of drug-likeness (QED) is 0.673. The minimum absolute atomic E-state index is 0.674. The van der Waals surface area contributed by atoms with Gasteiger partial charge in [0.05, 0.1) is 5.52 Å². The van der Waals surface area contributed by atoms with Gasteiger partial charge in [-0.05, 0) is 37.6 Å². The Morgan fingerprint density at radius 1 is 1.29 bits per heavy atom. The molecule has 0 aliphatic heterocycles. The zero-order chi connectivity index (χ0) is 10.3. The minimum atomic E-state index is 0.674. The number of benzene rings is 1. The van der Waals surface area contributed by atoms with Crippen LogP contribution < -0.4 is 5.73 Å². The third kappa shape index (κ3) is 1.32. The summed E-state index contributed by atoms with van der Waals surface area (Å²) in [7, 11) is 0. The predicted molar refractivity (Wildman–Crippen MR) is 60.6 cm³/mol. The molecule has 2 nitrogen and oxygen atoms in total. The maximum Gasteiger partial charge on any atom is 0.0769 e. The third-order valence-electron chi connectivity index (χ3n) is 2.34. The van der Waals surface area contributed by atoms with E-state index in [1.165, 1.54) is 0 Å². The summed E-state index contributed by atoms with van der Waals surface area (Å²) in [5.41, 5.74) is 9.39. The van der Waals surface area contributed by atoms with E-state index < -0.39 is 0 Å². The number of aromatic nitrogens is 1. The lowest BCUT2D eigenvalue weighted by Crippen LogP contribution is -1.93. The Kier molecular flexibility index (Phi) is 2.08. The summed E-state index contributed by atoms with van der Waals surface area (Å²) in [5, 5.41) is 1.64. The van der Waals surface area contributed by atoms with Crippen LogP contribution in [0.5, 0.6) is 0 Å². The van der Waals surface area contributed by atoms with Gasteiger partial charge < -0.3 is 5.73 Å². The van der Waals surface area contributed by atoms with E-state index in [-0.39, 0.29) is 0 Å². The Bertz CT molecular complexity index is 506. The molecule has 2 rings (SSSR count). The standard InChI is InChI=1S/C11H11ClN2/c1-6-3-4-8-10(13)5-9(12)7(2)11(8)14-6/h3-5H,13H2,1-2H3. The number of rotatable bonds is 0. The molecule has 3 heteroatoms. The zero-order valence-corrected chi connectivity index (χ0v) is 8.89. The molecule has 1 heterocycles. The second-order valence-electron chi connectivity index (χ2n) is 3.42. The van der Waals surface area contributed by atoms with Crippen LogP contribution in [0.25, 0.3) is 10.9 Å². The van der Waals surface area contributed by atoms with Gasteiger partial charge in [0.25, 0.3) is 0 Å². The lowest BCUT2D eigenvalue weighted by molar-refractivity contribution is 1.24. The van der Waals surface area contributed by atoms with E-state index >= 15 is 0 Å². The van der Waals surface area contributed by atoms with E-state index in [9.17, 15) is 0 Å². The van der Waals surface area contributed by atoms with E-state index in [2.05, 4.69) is 4.98 Å². The average molecular weight is 207 g/mol. The minimum Gasteiger partial charge on any atom is -0.398 e. The molecule has 0 amide bonds. The molecule has 2 N–H and O–H groups in total. The average Bonchev–Trinajstić information content (AvgIpc) is 2.14. The van der Waals surface area contributed by atoms with Crippen molar-refractivity contribution in [3.63, 3.8) is 0 Å². The fraction of sp³-hybridized carbons (Fsp3) is 0.182. The van der Waals surface area contributed by atoms with Gasteiger partial charge in [0, 0.05) is 21.8 Å². The van der Waals surface area contributed by atoms with Crippen molar-refractivity contribution < 1.29 is 0 Å². The number of aryl methyl sites for hydroxylation is 2. The van der Waals surface area contributed by atoms with Crippen molar-refractivity contribution in [1.29, 1.82) is 0 Å². The molecule has 1 aromatic heterocycles. The Morgan fingerprint density at radius 3 is 2.71 bits per heavy atom. The van der Waals surface area contributed by atoms with E-state index in [1.54, 1.807) is 6.07 Å². The number of fused-ring (bicyclic) bond motifs is 1. The topological polar surface area (TPSA) is 38.9 Å². The second-order valence-corrected chi connectivity index (χ2v) is 3.83. The summed E-state index contributed by atoms with van der Waals surface area (Å²) in [4.78, 5) is 4.43. The largest absolute Gasteiger partial charge is 0.398 e. The first kappa shape index (κ1) is 9.28. The van der Waals surface area contributed by atoms with Gasteiger partial charge in [0.2, 0.25) is 0 Å². The maximum atomic E-state index is 6.03. The van der Waals surface area contributed by atoms with Gasteiger partial charge >= 0.3 is 0 Å². The normalized spacial score (nSPS) is 10.8. The molecule has 0 saturated carbocycles. The van der Waals surface area contributed by atoms with Crippen LogP contribution in [0.3, 0.4) is 0 Å². The van der Waals surface area contributed by atoms with Crippen LogP contribution in [0, 0.1) is 13.8 Å². The molecule has 0 unspecified atom stereocenters. The predicted octanol–water partition coefficient (Wildman–Crippen LogP) is 3.09. The van der Waals surface area contributed by atoms with E-state index in [0.717, 1.165) is 22.2 Å². The van der Waals surface area contributed by atoms with Crippen molar-refractivity contribution in [3.05, 3.63) is 34.5 Å². The summed E-state index contributed by atoms with van der Waals surface area (Å²) in [6.07, 6.45) is 0. The van der Waals surface area contributed by atoms with Crippen LogP contribution in [-0.4, -0.2) is 4.98 Å². The highest BCUT2D eigenvalue weighted by atomic mass is 35.5. The second kappa shape index (κ2) is 3.14. The highest BCUT2D eigenvalue weighted by Crippen LogP contribution is 2.29. The fourth-order valence-electron chi connectivity index (χ4n) is 1.51. The zero-order valence-electron chi connectivity index (χ0n) is 8.13. The molecule has 0 saturated heterocycles. The molecule has 2 aromatic rings. The summed E-state index contributed by atoms with van der Waals surface area (Å²) < 4.78 is 0. The third-order valence-corrected chi connectivity index (χ3v) is 2.73. The van der Waals surface area contributed by atoms with Gasteiger partial charge in [-0.1, -0.05) is 11.6 Å². The molecule has 0 aliphatic rings. The molecule has 0 bridgehead atoms. The monoisotopic (exact) mass is 206 g/mol. The van der Waals surface area contributed by atoms with Crippen molar-refractivity contribution in [2.75, 3.05) is 5.73 Å². The van der Waals surface area contributed by atoms with Crippen molar-refractivity contribution in [3.8, 4) is 0 Å². The molecule has 0 radical (unpaired) electrons. The first-order valence-corrected chi connectivity index (χ1v) is 4.79. The van der Waals surface area contributed by atoms with Crippen LogP contribution in [0.4, 0.5) is 5.69 Å². The summed E-state index contributed by atoms with van der Waals surface area (Å²) in [6.45, 7) is 3.91. The number of hydrogen-bond donors (Lipinski definition) is 1. The Balaban J connectivity index is 2.95. The highest BCUT2D eigenvalue weighted by Gasteiger charge is 2.06. The van der Waals surface area contributed by atoms with Gasteiger partial charge in [0.15, 0.2) is 0 Å². The number of nitrogen functional groups attached to an aromatic ring is 1. The molecule has 0 atom stereocenters. The Morgan fingerprint density at radius 2 is 2.00 bits per heavy atom. The molecular weight excluding hydrogens is 196 g/mol. The van der Waals surface area contributed by atoms with Gasteiger partial charge in [-0.3, -0.25) is 4.98 Å². The van der Waals surface area contributed by atoms with Gasteiger partial charge in [-0.2, -0.15) is 0 Å². The molecule has 0 aliphatic carbocycles. The van der Waals surface area contributed by atoms with Crippen molar-refractivity contribution in [1.82, 2.24) is 4.98 Å². The molecule has 0 fully saturated rings. The van der Waals surface area contributed by atoms with Gasteiger partial charge in [-0.15, -0.1) is 0 Å².